The van der Waals surface area contributed by atoms with Gasteiger partial charge in [0.25, 0.3) is 0 Å². The molecule has 2 fully saturated rings. The molecular formula is C12H15N3O. The quantitative estimate of drug-likeness (QED) is 0.822. The highest BCUT2D eigenvalue weighted by atomic mass is 16.5. The van der Waals surface area contributed by atoms with E-state index in [2.05, 4.69) is 16.0 Å². The van der Waals surface area contributed by atoms with Gasteiger partial charge in [-0.05, 0) is 25.7 Å². The highest BCUT2D eigenvalue weighted by Gasteiger charge is 2.47. The molecule has 4 nitrogen and oxygen atoms in total. The summed E-state index contributed by atoms with van der Waals surface area (Å²) in [6.07, 6.45) is 5.92. The molecule has 2 heterocycles. The molecule has 0 amide bonds. The van der Waals surface area contributed by atoms with Crippen molar-refractivity contribution < 1.29 is 4.74 Å². The fourth-order valence-corrected chi connectivity index (χ4v) is 2.32. The molecular weight excluding hydrogens is 202 g/mol. The summed E-state index contributed by atoms with van der Waals surface area (Å²) in [5.74, 6) is 1.40. The van der Waals surface area contributed by atoms with Crippen molar-refractivity contribution in [1.82, 2.24) is 9.97 Å². The summed E-state index contributed by atoms with van der Waals surface area (Å²) in [7, 11) is 0. The number of H-pyrrole nitrogens is 1. The Morgan fingerprint density at radius 2 is 2.19 bits per heavy atom. The Morgan fingerprint density at radius 1 is 1.44 bits per heavy atom. The van der Waals surface area contributed by atoms with Crippen molar-refractivity contribution in [2.24, 2.45) is 0 Å². The van der Waals surface area contributed by atoms with Crippen LogP contribution in [0.2, 0.25) is 0 Å². The lowest BCUT2D eigenvalue weighted by molar-refractivity contribution is 0.0845. The summed E-state index contributed by atoms with van der Waals surface area (Å²) in [4.78, 5) is 7.72. The molecule has 0 bridgehead atoms. The third-order valence-electron chi connectivity index (χ3n) is 3.67. The van der Waals surface area contributed by atoms with Crippen LogP contribution in [0.25, 0.3) is 0 Å². The zero-order valence-corrected chi connectivity index (χ0v) is 9.20. The van der Waals surface area contributed by atoms with Gasteiger partial charge >= 0.3 is 0 Å². The Bertz CT molecular complexity index is 422. The van der Waals surface area contributed by atoms with Crippen LogP contribution in [0, 0.1) is 11.3 Å². The Balaban J connectivity index is 1.80. The average Bonchev–Trinajstić information content (AvgIpc) is 3.00. The Labute approximate surface area is 94.6 Å². The van der Waals surface area contributed by atoms with Gasteiger partial charge in [-0.15, -0.1) is 0 Å². The van der Waals surface area contributed by atoms with E-state index in [4.69, 9.17) is 10.00 Å². The second-order valence-electron chi connectivity index (χ2n) is 4.77. The highest BCUT2D eigenvalue weighted by Crippen LogP contribution is 2.46. The SMILES string of the molecule is N#CC1(c2ncc(C3CCOCC3)[nH]2)CC1. The van der Waals surface area contributed by atoms with Crippen LogP contribution in [0.4, 0.5) is 0 Å². The van der Waals surface area contributed by atoms with Gasteiger partial charge in [0.15, 0.2) is 0 Å². The fraction of sp³-hybridized carbons (Fsp3) is 0.667. The third-order valence-corrected chi connectivity index (χ3v) is 3.67. The van der Waals surface area contributed by atoms with Gasteiger partial charge in [-0.25, -0.2) is 4.98 Å². The van der Waals surface area contributed by atoms with Crippen LogP contribution in [0.15, 0.2) is 6.20 Å². The molecule has 1 saturated carbocycles. The first kappa shape index (κ1) is 9.86. The number of aromatic nitrogens is 2. The summed E-state index contributed by atoms with van der Waals surface area (Å²) in [6.45, 7) is 1.67. The number of imidazole rings is 1. The van der Waals surface area contributed by atoms with Crippen molar-refractivity contribution in [3.05, 3.63) is 17.7 Å². The second-order valence-corrected chi connectivity index (χ2v) is 4.77. The molecule has 2 aliphatic rings. The van der Waals surface area contributed by atoms with E-state index in [-0.39, 0.29) is 5.41 Å². The van der Waals surface area contributed by atoms with Gasteiger partial charge in [0.05, 0.1) is 6.07 Å². The first-order chi connectivity index (χ1) is 7.84. The van der Waals surface area contributed by atoms with Crippen molar-refractivity contribution in [3.63, 3.8) is 0 Å². The Morgan fingerprint density at radius 3 is 2.81 bits per heavy atom. The summed E-state index contributed by atoms with van der Waals surface area (Å²) in [6, 6.07) is 2.37. The predicted octanol–water partition coefficient (Wildman–Crippen LogP) is 1.86. The van der Waals surface area contributed by atoms with E-state index in [1.807, 2.05) is 6.20 Å². The standard InChI is InChI=1S/C12H15N3O/c13-8-12(3-4-12)11-14-7-10(15-11)9-1-5-16-6-2-9/h7,9H,1-6H2,(H,14,15). The van der Waals surface area contributed by atoms with E-state index in [1.54, 1.807) is 0 Å². The van der Waals surface area contributed by atoms with E-state index < -0.39 is 0 Å². The topological polar surface area (TPSA) is 61.7 Å². The van der Waals surface area contributed by atoms with Crippen molar-refractivity contribution in [2.45, 2.75) is 37.0 Å². The summed E-state index contributed by atoms with van der Waals surface area (Å²) >= 11 is 0. The molecule has 1 aromatic heterocycles. The summed E-state index contributed by atoms with van der Waals surface area (Å²) < 4.78 is 5.34. The molecule has 0 aromatic carbocycles. The van der Waals surface area contributed by atoms with Gasteiger partial charge in [-0.1, -0.05) is 0 Å². The Kier molecular flexibility index (Phi) is 2.22. The summed E-state index contributed by atoms with van der Waals surface area (Å²) in [5.41, 5.74) is 0.892. The number of ether oxygens (including phenoxy) is 1. The Hall–Kier alpha value is -1.34. The van der Waals surface area contributed by atoms with Gasteiger partial charge in [0, 0.05) is 31.0 Å². The molecule has 1 saturated heterocycles. The van der Waals surface area contributed by atoms with Crippen molar-refractivity contribution in [3.8, 4) is 6.07 Å². The normalized spacial score (nSPS) is 23.9. The zero-order chi connectivity index (χ0) is 11.0. The number of nitriles is 1. The number of rotatable bonds is 2. The number of nitrogens with one attached hydrogen (secondary N) is 1. The maximum absolute atomic E-state index is 9.10. The molecule has 0 radical (unpaired) electrons. The smallest absolute Gasteiger partial charge is 0.126 e. The van der Waals surface area contributed by atoms with Gasteiger partial charge < -0.3 is 9.72 Å². The van der Waals surface area contributed by atoms with E-state index in [0.29, 0.717) is 5.92 Å². The number of aromatic amines is 1. The van der Waals surface area contributed by atoms with Gasteiger partial charge in [-0.2, -0.15) is 5.26 Å². The molecule has 16 heavy (non-hydrogen) atoms. The molecule has 1 N–H and O–H groups in total. The molecule has 1 aliphatic heterocycles. The highest BCUT2D eigenvalue weighted by molar-refractivity contribution is 5.30. The van der Waals surface area contributed by atoms with E-state index in [9.17, 15) is 0 Å². The number of nitrogens with zero attached hydrogens (tertiary/aromatic N) is 2. The van der Waals surface area contributed by atoms with Crippen LogP contribution < -0.4 is 0 Å². The number of hydrogen-bond acceptors (Lipinski definition) is 3. The number of hydrogen-bond donors (Lipinski definition) is 1. The van der Waals surface area contributed by atoms with Crippen LogP contribution >= 0.6 is 0 Å². The maximum Gasteiger partial charge on any atom is 0.126 e. The van der Waals surface area contributed by atoms with Crippen LogP contribution in [0.1, 0.15) is 43.1 Å². The predicted molar refractivity (Wildman–Crippen MR) is 57.9 cm³/mol. The first-order valence-electron chi connectivity index (χ1n) is 5.88. The largest absolute Gasteiger partial charge is 0.381 e. The summed E-state index contributed by atoms with van der Waals surface area (Å²) in [5, 5.41) is 9.10. The van der Waals surface area contributed by atoms with Crippen molar-refractivity contribution in [1.29, 1.82) is 5.26 Å². The zero-order valence-electron chi connectivity index (χ0n) is 9.20. The minimum Gasteiger partial charge on any atom is -0.381 e. The molecule has 1 aliphatic carbocycles. The van der Waals surface area contributed by atoms with Gasteiger partial charge in [0.1, 0.15) is 11.2 Å². The van der Waals surface area contributed by atoms with Gasteiger partial charge in [0.2, 0.25) is 0 Å². The van der Waals surface area contributed by atoms with E-state index >= 15 is 0 Å². The van der Waals surface area contributed by atoms with E-state index in [1.165, 1.54) is 5.69 Å². The van der Waals surface area contributed by atoms with Crippen LogP contribution in [0.3, 0.4) is 0 Å². The van der Waals surface area contributed by atoms with Crippen molar-refractivity contribution in [2.75, 3.05) is 13.2 Å². The molecule has 0 spiro atoms. The molecule has 0 atom stereocenters. The molecule has 0 unspecified atom stereocenters. The monoisotopic (exact) mass is 217 g/mol. The fourth-order valence-electron chi connectivity index (χ4n) is 2.32. The van der Waals surface area contributed by atoms with Gasteiger partial charge in [-0.3, -0.25) is 0 Å². The molecule has 84 valence electrons. The van der Waals surface area contributed by atoms with Crippen LogP contribution in [0.5, 0.6) is 0 Å². The molecule has 1 aromatic rings. The van der Waals surface area contributed by atoms with Crippen molar-refractivity contribution >= 4 is 0 Å². The minimum atomic E-state index is -0.288. The first-order valence-corrected chi connectivity index (χ1v) is 5.88. The molecule has 4 heteroatoms. The lowest BCUT2D eigenvalue weighted by atomic mass is 9.97. The molecule has 3 rings (SSSR count). The third kappa shape index (κ3) is 1.52. The maximum atomic E-state index is 9.10. The lowest BCUT2D eigenvalue weighted by Crippen LogP contribution is -2.14. The lowest BCUT2D eigenvalue weighted by Gasteiger charge is -2.20. The van der Waals surface area contributed by atoms with E-state index in [0.717, 1.165) is 44.7 Å². The minimum absolute atomic E-state index is 0.288. The second kappa shape index (κ2) is 3.60. The van der Waals surface area contributed by atoms with Crippen LogP contribution in [-0.2, 0) is 10.2 Å². The van der Waals surface area contributed by atoms with Crippen LogP contribution in [-0.4, -0.2) is 23.2 Å². The average molecular weight is 217 g/mol.